The molecule has 2 aromatic carbocycles. The van der Waals surface area contributed by atoms with Crippen molar-refractivity contribution < 1.29 is 27.7 Å². The first-order valence-electron chi connectivity index (χ1n) is 8.32. The predicted octanol–water partition coefficient (Wildman–Crippen LogP) is -1.55. The van der Waals surface area contributed by atoms with E-state index < -0.39 is 6.10 Å². The fraction of sp³-hybridized carbons (Fsp3) is 0.368. The van der Waals surface area contributed by atoms with Crippen LogP contribution >= 0.6 is 0 Å². The topological polar surface area (TPSA) is 68.9 Å². The third-order valence-electron chi connectivity index (χ3n) is 4.37. The normalized spacial score (nSPS) is 12.6. The average Bonchev–Trinajstić information content (AvgIpc) is 2.90. The molecule has 1 unspecified atom stereocenters. The zero-order valence-electron chi connectivity index (χ0n) is 14.1. The van der Waals surface area contributed by atoms with Crippen LogP contribution in [-0.2, 0) is 6.54 Å². The highest BCUT2D eigenvalue weighted by Gasteiger charge is 2.15. The lowest BCUT2D eigenvalue weighted by Gasteiger charge is -2.24. The van der Waals surface area contributed by atoms with Crippen molar-refractivity contribution in [1.29, 1.82) is 0 Å². The molecule has 0 aliphatic heterocycles. The molecule has 0 aliphatic carbocycles. The Morgan fingerprint density at radius 1 is 0.840 bits per heavy atom. The molecular formula is C19H24ClN2O3-. The van der Waals surface area contributed by atoms with Gasteiger partial charge in [0.25, 0.3) is 0 Å². The number of fused-ring (bicyclic) bond motifs is 3. The van der Waals surface area contributed by atoms with Gasteiger partial charge >= 0.3 is 0 Å². The van der Waals surface area contributed by atoms with Crippen LogP contribution in [0.25, 0.3) is 21.8 Å². The summed E-state index contributed by atoms with van der Waals surface area (Å²) in [5.41, 5.74) is 2.21. The second kappa shape index (κ2) is 9.17. The molecule has 0 spiro atoms. The molecule has 0 aliphatic rings. The van der Waals surface area contributed by atoms with Crippen molar-refractivity contribution in [2.24, 2.45) is 0 Å². The molecule has 1 atom stereocenters. The van der Waals surface area contributed by atoms with Gasteiger partial charge in [-0.1, -0.05) is 36.4 Å². The van der Waals surface area contributed by atoms with Crippen LogP contribution in [-0.4, -0.2) is 63.7 Å². The van der Waals surface area contributed by atoms with Crippen LogP contribution in [0.4, 0.5) is 0 Å². The summed E-state index contributed by atoms with van der Waals surface area (Å²) in [6.45, 7) is 1.82. The monoisotopic (exact) mass is 363 g/mol. The van der Waals surface area contributed by atoms with E-state index in [1.54, 1.807) is 0 Å². The number of aliphatic hydroxyl groups excluding tert-OH is 3. The molecule has 0 saturated carbocycles. The lowest BCUT2D eigenvalue weighted by Crippen LogP contribution is -3.00. The van der Waals surface area contributed by atoms with Crippen molar-refractivity contribution in [3.63, 3.8) is 0 Å². The number of nitrogens with zero attached hydrogens (tertiary/aromatic N) is 2. The van der Waals surface area contributed by atoms with Gasteiger partial charge < -0.3 is 32.3 Å². The Morgan fingerprint density at radius 3 is 1.80 bits per heavy atom. The Kier molecular flexibility index (Phi) is 7.23. The van der Waals surface area contributed by atoms with Crippen molar-refractivity contribution in [3.8, 4) is 0 Å². The van der Waals surface area contributed by atoms with Gasteiger partial charge in [-0.05, 0) is 12.1 Å². The third kappa shape index (κ3) is 4.32. The zero-order valence-corrected chi connectivity index (χ0v) is 14.8. The molecule has 25 heavy (non-hydrogen) atoms. The van der Waals surface area contributed by atoms with E-state index in [0.717, 1.165) is 11.0 Å². The third-order valence-corrected chi connectivity index (χ3v) is 4.37. The Morgan fingerprint density at radius 2 is 1.32 bits per heavy atom. The second-order valence-electron chi connectivity index (χ2n) is 6.05. The summed E-state index contributed by atoms with van der Waals surface area (Å²) in [6, 6.07) is 16.4. The van der Waals surface area contributed by atoms with Gasteiger partial charge in [-0.15, -0.1) is 0 Å². The Labute approximate surface area is 153 Å². The van der Waals surface area contributed by atoms with E-state index in [1.807, 2.05) is 29.2 Å². The van der Waals surface area contributed by atoms with Gasteiger partial charge in [-0.2, -0.15) is 0 Å². The summed E-state index contributed by atoms with van der Waals surface area (Å²) in [5, 5.41) is 31.1. The van der Waals surface area contributed by atoms with E-state index in [0.29, 0.717) is 26.2 Å². The first kappa shape index (κ1) is 19.7. The first-order chi connectivity index (χ1) is 11.7. The molecule has 5 nitrogen and oxygen atoms in total. The fourth-order valence-corrected chi connectivity index (χ4v) is 3.34. The van der Waals surface area contributed by atoms with Gasteiger partial charge in [0.15, 0.2) is 0 Å². The van der Waals surface area contributed by atoms with Gasteiger partial charge in [0.05, 0.1) is 25.9 Å². The van der Waals surface area contributed by atoms with Crippen LogP contribution in [0.1, 0.15) is 0 Å². The number of hydrogen-bond donors (Lipinski definition) is 3. The molecule has 0 amide bonds. The summed E-state index contributed by atoms with van der Waals surface area (Å²) < 4.78 is 2.14. The number of benzene rings is 2. The van der Waals surface area contributed by atoms with Gasteiger partial charge in [0, 0.05) is 41.4 Å². The number of halogens is 1. The summed E-state index contributed by atoms with van der Waals surface area (Å²) in [4.78, 5) is 1.87. The van der Waals surface area contributed by atoms with Crippen LogP contribution in [0, 0.1) is 0 Å². The number of aromatic nitrogens is 1. The molecular weight excluding hydrogens is 340 g/mol. The van der Waals surface area contributed by atoms with Crippen LogP contribution in [0.15, 0.2) is 48.5 Å². The second-order valence-corrected chi connectivity index (χ2v) is 6.05. The van der Waals surface area contributed by atoms with Crippen LogP contribution < -0.4 is 12.4 Å². The van der Waals surface area contributed by atoms with Gasteiger partial charge in [-0.25, -0.2) is 0 Å². The van der Waals surface area contributed by atoms with E-state index in [9.17, 15) is 5.11 Å². The fourth-order valence-electron chi connectivity index (χ4n) is 3.34. The zero-order chi connectivity index (χ0) is 16.9. The van der Waals surface area contributed by atoms with Gasteiger partial charge in [0.2, 0.25) is 0 Å². The van der Waals surface area contributed by atoms with Crippen molar-refractivity contribution >= 4 is 21.8 Å². The lowest BCUT2D eigenvalue weighted by molar-refractivity contribution is -0.0000119. The van der Waals surface area contributed by atoms with Crippen molar-refractivity contribution in [3.05, 3.63) is 48.5 Å². The molecule has 6 heteroatoms. The molecule has 0 fully saturated rings. The molecule has 0 radical (unpaired) electrons. The smallest absolute Gasteiger partial charge is 0.0846 e. The highest BCUT2D eigenvalue weighted by atomic mass is 35.5. The molecule has 3 aromatic rings. The van der Waals surface area contributed by atoms with Crippen LogP contribution in [0.5, 0.6) is 0 Å². The Bertz CT molecular complexity index is 746. The minimum absolute atomic E-state index is 0. The average molecular weight is 364 g/mol. The van der Waals surface area contributed by atoms with E-state index in [-0.39, 0.29) is 25.6 Å². The quantitative estimate of drug-likeness (QED) is 0.453. The molecule has 136 valence electrons. The van der Waals surface area contributed by atoms with Crippen molar-refractivity contribution in [1.82, 2.24) is 9.47 Å². The molecule has 0 saturated heterocycles. The maximum atomic E-state index is 10.5. The predicted molar refractivity (Wildman–Crippen MR) is 96.1 cm³/mol. The highest BCUT2D eigenvalue weighted by Crippen LogP contribution is 2.28. The largest absolute Gasteiger partial charge is 1.00 e. The maximum absolute atomic E-state index is 10.5. The number of rotatable bonds is 8. The van der Waals surface area contributed by atoms with E-state index >= 15 is 0 Å². The minimum Gasteiger partial charge on any atom is -1.00 e. The molecule has 0 bridgehead atoms. The van der Waals surface area contributed by atoms with E-state index in [2.05, 4.69) is 28.8 Å². The Hall–Kier alpha value is -1.63. The lowest BCUT2D eigenvalue weighted by atomic mass is 10.2. The summed E-state index contributed by atoms with van der Waals surface area (Å²) >= 11 is 0. The number of para-hydroxylation sites is 2. The molecule has 3 N–H and O–H groups in total. The van der Waals surface area contributed by atoms with Gasteiger partial charge in [0.1, 0.15) is 0 Å². The van der Waals surface area contributed by atoms with E-state index in [1.165, 1.54) is 10.8 Å². The van der Waals surface area contributed by atoms with Crippen molar-refractivity contribution in [2.45, 2.75) is 12.6 Å². The highest BCUT2D eigenvalue weighted by molar-refractivity contribution is 6.07. The first-order valence-corrected chi connectivity index (χ1v) is 8.32. The van der Waals surface area contributed by atoms with Crippen LogP contribution in [0.3, 0.4) is 0 Å². The Balaban J connectivity index is 0.00000225. The standard InChI is InChI=1S/C19H24N2O3.ClH/c22-11-9-20(10-12-23)13-15(24)14-21-18-7-3-1-5-16(18)17-6-2-4-8-19(17)21;/h1-8,15,22-24H,9-14H2;1H/p-1. The van der Waals surface area contributed by atoms with Gasteiger partial charge in [-0.3, -0.25) is 4.90 Å². The molecule has 3 rings (SSSR count). The van der Waals surface area contributed by atoms with Crippen LogP contribution in [0.2, 0.25) is 0 Å². The number of aliphatic hydroxyl groups is 3. The summed E-state index contributed by atoms with van der Waals surface area (Å²) in [7, 11) is 0. The van der Waals surface area contributed by atoms with E-state index in [4.69, 9.17) is 10.2 Å². The maximum Gasteiger partial charge on any atom is 0.0846 e. The number of hydrogen-bond acceptors (Lipinski definition) is 4. The summed E-state index contributed by atoms with van der Waals surface area (Å²) in [6.07, 6.45) is -0.581. The minimum atomic E-state index is -0.581. The molecule has 1 aromatic heterocycles. The summed E-state index contributed by atoms with van der Waals surface area (Å²) in [5.74, 6) is 0. The molecule has 1 heterocycles. The SMILES string of the molecule is OCCN(CCO)CC(O)Cn1c2ccccc2c2ccccc21.[Cl-]. The van der Waals surface area contributed by atoms with Crippen molar-refractivity contribution in [2.75, 3.05) is 32.8 Å².